The predicted molar refractivity (Wildman–Crippen MR) is 127 cm³/mol. The molecule has 0 spiro atoms. The molecule has 2 aromatic rings. The van der Waals surface area contributed by atoms with E-state index in [9.17, 15) is 18.0 Å². The summed E-state index contributed by atoms with van der Waals surface area (Å²) in [7, 11) is -1.01. The number of anilines is 1. The smallest absolute Gasteiger partial charge is 0.438 e. The van der Waals surface area contributed by atoms with Gasteiger partial charge in [-0.05, 0) is 6.07 Å². The number of nitrogens with two attached hydrogens (primary N) is 1. The third kappa shape index (κ3) is 8.58. The van der Waals surface area contributed by atoms with Crippen LogP contribution in [0.4, 0.5) is 15.4 Å². The standard InChI is InChI=1S/C16H18Cl2N6O6S3/c1-33(27,28)23-15(25)29-5-7-31-32-8-6-30-16(26)24-14(20)21-13(19)12(22-24)9-3-2-4-10(17)11(9)18/h2-4H,5-8H2,1H3,(H,23,25)(H3,19,20,21). The van der Waals surface area contributed by atoms with Crippen LogP contribution < -0.4 is 16.1 Å². The lowest BCUT2D eigenvalue weighted by Crippen LogP contribution is -2.34. The van der Waals surface area contributed by atoms with Crippen molar-refractivity contribution >= 4 is 72.8 Å². The van der Waals surface area contributed by atoms with Crippen LogP contribution >= 0.6 is 44.8 Å². The maximum absolute atomic E-state index is 12.3. The largest absolute Gasteiger partial charge is 0.448 e. The summed E-state index contributed by atoms with van der Waals surface area (Å²) >= 11 is 12.2. The summed E-state index contributed by atoms with van der Waals surface area (Å²) in [5.74, 6) is 0.664. The number of sulfonamides is 1. The monoisotopic (exact) mass is 556 g/mol. The Morgan fingerprint density at radius 3 is 2.48 bits per heavy atom. The molecule has 2 rings (SSSR count). The summed E-state index contributed by atoms with van der Waals surface area (Å²) in [5.41, 5.74) is 5.73. The fraction of sp³-hybridized carbons (Fsp3) is 0.312. The summed E-state index contributed by atoms with van der Waals surface area (Å²) in [4.78, 5) is 27.3. The number of carbonyl (C=O) groups is 2. The van der Waals surface area contributed by atoms with E-state index >= 15 is 0 Å². The third-order valence-electron chi connectivity index (χ3n) is 3.39. The Labute approximate surface area is 206 Å². The van der Waals surface area contributed by atoms with Crippen LogP contribution in [-0.4, -0.2) is 66.3 Å². The molecule has 17 heteroatoms. The zero-order chi connectivity index (χ0) is 24.6. The van der Waals surface area contributed by atoms with E-state index in [1.165, 1.54) is 21.6 Å². The van der Waals surface area contributed by atoms with Crippen molar-refractivity contribution in [1.29, 1.82) is 5.41 Å². The number of nitrogen functional groups attached to an aromatic ring is 1. The Morgan fingerprint density at radius 2 is 1.85 bits per heavy atom. The number of benzene rings is 1. The fourth-order valence-electron chi connectivity index (χ4n) is 2.11. The van der Waals surface area contributed by atoms with E-state index in [1.807, 2.05) is 0 Å². The molecule has 1 aromatic carbocycles. The molecule has 12 nitrogen and oxygen atoms in total. The lowest BCUT2D eigenvalue weighted by Gasteiger charge is -2.11. The van der Waals surface area contributed by atoms with Gasteiger partial charge in [-0.2, -0.15) is 10.1 Å². The first-order chi connectivity index (χ1) is 15.5. The van der Waals surface area contributed by atoms with Gasteiger partial charge in [0, 0.05) is 17.1 Å². The van der Waals surface area contributed by atoms with Gasteiger partial charge in [0.1, 0.15) is 18.9 Å². The number of aromatic nitrogens is 3. The highest BCUT2D eigenvalue weighted by Gasteiger charge is 2.17. The van der Waals surface area contributed by atoms with Gasteiger partial charge in [-0.1, -0.05) is 56.9 Å². The van der Waals surface area contributed by atoms with Gasteiger partial charge in [0.25, 0.3) is 5.62 Å². The Morgan fingerprint density at radius 1 is 1.21 bits per heavy atom. The maximum atomic E-state index is 12.3. The van der Waals surface area contributed by atoms with Gasteiger partial charge >= 0.3 is 12.2 Å². The van der Waals surface area contributed by atoms with E-state index < -0.39 is 27.8 Å². The highest BCUT2D eigenvalue weighted by Crippen LogP contribution is 2.33. The van der Waals surface area contributed by atoms with E-state index in [0.717, 1.165) is 6.26 Å². The quantitative estimate of drug-likeness (QED) is 0.304. The maximum Gasteiger partial charge on any atom is 0.438 e. The van der Waals surface area contributed by atoms with Gasteiger partial charge in [0.05, 0.1) is 16.3 Å². The lowest BCUT2D eigenvalue weighted by atomic mass is 10.1. The molecule has 0 aliphatic heterocycles. The van der Waals surface area contributed by atoms with Crippen LogP contribution in [0.2, 0.25) is 10.0 Å². The molecule has 1 amide bonds. The number of halogens is 2. The summed E-state index contributed by atoms with van der Waals surface area (Å²) in [6.07, 6.45) is -1.15. The molecule has 1 heterocycles. The number of nitrogens with one attached hydrogen (secondary N) is 2. The number of rotatable bonds is 9. The second-order valence-electron chi connectivity index (χ2n) is 5.95. The molecular formula is C16H18Cl2N6O6S3. The first-order valence-electron chi connectivity index (χ1n) is 8.81. The first kappa shape index (κ1) is 27.0. The minimum atomic E-state index is -3.67. The van der Waals surface area contributed by atoms with Crippen LogP contribution in [0.1, 0.15) is 0 Å². The minimum absolute atomic E-state index is 0.00231. The lowest BCUT2D eigenvalue weighted by molar-refractivity contribution is 0.149. The van der Waals surface area contributed by atoms with E-state index in [2.05, 4.69) is 10.1 Å². The van der Waals surface area contributed by atoms with Crippen molar-refractivity contribution < 1.29 is 27.5 Å². The van der Waals surface area contributed by atoms with Crippen LogP contribution in [0.5, 0.6) is 0 Å². The molecule has 33 heavy (non-hydrogen) atoms. The average Bonchev–Trinajstić information content (AvgIpc) is 2.71. The van der Waals surface area contributed by atoms with Crippen molar-refractivity contribution in [2.24, 2.45) is 0 Å². The number of hydrogen-bond acceptors (Lipinski definition) is 12. The van der Waals surface area contributed by atoms with E-state index in [4.69, 9.17) is 43.8 Å². The summed E-state index contributed by atoms with van der Waals surface area (Å²) in [6.45, 7) is -0.00952. The van der Waals surface area contributed by atoms with Crippen LogP contribution in [0.3, 0.4) is 0 Å². The van der Waals surface area contributed by atoms with Gasteiger partial charge < -0.3 is 15.2 Å². The number of carbonyl (C=O) groups excluding carboxylic acids is 2. The SMILES string of the molecule is CS(=O)(=O)NC(=O)OCCSSCCOC(=O)n1nc(-c2cccc(Cl)c2Cl)c(N)nc1=N. The van der Waals surface area contributed by atoms with Crippen molar-refractivity contribution in [3.8, 4) is 11.3 Å². The molecule has 4 N–H and O–H groups in total. The second kappa shape index (κ2) is 12.3. The summed E-state index contributed by atoms with van der Waals surface area (Å²) < 4.78 is 33.8. The van der Waals surface area contributed by atoms with Crippen molar-refractivity contribution in [2.75, 3.05) is 36.7 Å². The number of nitrogens with zero attached hydrogens (tertiary/aromatic N) is 3. The molecule has 0 aliphatic carbocycles. The van der Waals surface area contributed by atoms with Crippen molar-refractivity contribution in [1.82, 2.24) is 19.5 Å². The average molecular weight is 557 g/mol. The molecule has 0 saturated heterocycles. The van der Waals surface area contributed by atoms with Crippen LogP contribution in [0.25, 0.3) is 11.3 Å². The molecule has 0 aliphatic rings. The van der Waals surface area contributed by atoms with Crippen molar-refractivity contribution in [3.05, 3.63) is 33.9 Å². The second-order valence-corrected chi connectivity index (χ2v) is 11.2. The highest BCUT2D eigenvalue weighted by molar-refractivity contribution is 8.76. The molecule has 0 fully saturated rings. The van der Waals surface area contributed by atoms with E-state index in [-0.39, 0.29) is 34.8 Å². The normalized spacial score (nSPS) is 11.1. The predicted octanol–water partition coefficient (Wildman–Crippen LogP) is 2.37. The summed E-state index contributed by atoms with van der Waals surface area (Å²) in [6, 6.07) is 4.79. The number of hydrogen-bond donors (Lipinski definition) is 3. The molecular weight excluding hydrogens is 539 g/mol. The van der Waals surface area contributed by atoms with E-state index in [0.29, 0.717) is 21.8 Å². The van der Waals surface area contributed by atoms with Gasteiger partial charge in [-0.25, -0.2) is 22.7 Å². The van der Waals surface area contributed by atoms with Gasteiger partial charge in [0.2, 0.25) is 10.0 Å². The van der Waals surface area contributed by atoms with Crippen LogP contribution in [0.15, 0.2) is 18.2 Å². The van der Waals surface area contributed by atoms with Gasteiger partial charge in [0.15, 0.2) is 5.82 Å². The molecule has 0 saturated carbocycles. The zero-order valence-electron chi connectivity index (χ0n) is 16.9. The number of ether oxygens (including phenoxy) is 2. The van der Waals surface area contributed by atoms with Crippen LogP contribution in [-0.2, 0) is 19.5 Å². The third-order valence-corrected chi connectivity index (χ3v) is 7.08. The minimum Gasteiger partial charge on any atom is -0.448 e. The topological polar surface area (TPSA) is 179 Å². The Bertz CT molecular complexity index is 1190. The molecule has 0 atom stereocenters. The van der Waals surface area contributed by atoms with Gasteiger partial charge in [-0.15, -0.1) is 4.68 Å². The van der Waals surface area contributed by atoms with Gasteiger partial charge in [-0.3, -0.25) is 5.41 Å². The Kier molecular flexibility index (Phi) is 10.1. The fourth-order valence-corrected chi connectivity index (χ4v) is 4.52. The molecule has 0 unspecified atom stereocenters. The van der Waals surface area contributed by atoms with Crippen LogP contribution in [0, 0.1) is 5.41 Å². The molecule has 1 aromatic heterocycles. The molecule has 180 valence electrons. The van der Waals surface area contributed by atoms with Crippen molar-refractivity contribution in [3.63, 3.8) is 0 Å². The zero-order valence-corrected chi connectivity index (χ0v) is 20.9. The first-order valence-corrected chi connectivity index (χ1v) is 13.9. The molecule has 0 radical (unpaired) electrons. The van der Waals surface area contributed by atoms with Crippen molar-refractivity contribution in [2.45, 2.75) is 0 Å². The summed E-state index contributed by atoms with van der Waals surface area (Å²) in [5, 5.41) is 12.3. The Balaban J connectivity index is 1.83. The highest BCUT2D eigenvalue weighted by atomic mass is 35.5. The number of amides is 1. The molecule has 0 bridgehead atoms. The van der Waals surface area contributed by atoms with E-state index in [1.54, 1.807) is 22.9 Å². The Hall–Kier alpha value is -2.20.